The summed E-state index contributed by atoms with van der Waals surface area (Å²) in [4.78, 5) is 12.0. The fraction of sp³-hybridized carbons (Fsp3) is 0.0833. The number of phenols is 2. The lowest BCUT2D eigenvalue weighted by atomic mass is 10.0. The van der Waals surface area contributed by atoms with Gasteiger partial charge in [0.25, 0.3) is 0 Å². The summed E-state index contributed by atoms with van der Waals surface area (Å²) >= 11 is 1.39. The molecule has 16 heavy (non-hydrogen) atoms. The van der Waals surface area contributed by atoms with E-state index >= 15 is 0 Å². The van der Waals surface area contributed by atoms with E-state index in [9.17, 15) is 15.0 Å². The molecule has 1 aromatic carbocycles. The first kappa shape index (κ1) is 10.7. The molecule has 0 aliphatic rings. The molecule has 2 N–H and O–H groups in total. The van der Waals surface area contributed by atoms with Crippen LogP contribution in [0.4, 0.5) is 0 Å². The van der Waals surface area contributed by atoms with Gasteiger partial charge in [-0.3, -0.25) is 4.79 Å². The second-order valence-electron chi connectivity index (χ2n) is 3.39. The lowest BCUT2D eigenvalue weighted by Crippen LogP contribution is -1.93. The van der Waals surface area contributed by atoms with Gasteiger partial charge in [-0.25, -0.2) is 0 Å². The summed E-state index contributed by atoms with van der Waals surface area (Å²) in [6.45, 7) is 1.38. The van der Waals surface area contributed by atoms with Crippen molar-refractivity contribution in [3.63, 3.8) is 0 Å². The van der Waals surface area contributed by atoms with Gasteiger partial charge in [-0.2, -0.15) is 0 Å². The van der Waals surface area contributed by atoms with Gasteiger partial charge < -0.3 is 10.2 Å². The van der Waals surface area contributed by atoms with Crippen molar-refractivity contribution in [3.8, 4) is 21.9 Å². The van der Waals surface area contributed by atoms with Crippen LogP contribution in [0.3, 0.4) is 0 Å². The third kappa shape index (κ3) is 1.67. The molecule has 0 saturated carbocycles. The van der Waals surface area contributed by atoms with Crippen LogP contribution in [0.2, 0.25) is 0 Å². The van der Waals surface area contributed by atoms with E-state index < -0.39 is 0 Å². The summed E-state index contributed by atoms with van der Waals surface area (Å²) in [6.07, 6.45) is 0. The molecule has 0 aliphatic heterocycles. The minimum absolute atomic E-state index is 0.0232. The number of aromatic hydroxyl groups is 2. The number of Topliss-reactive ketones (excluding diaryl/α,β-unsaturated/α-hetero) is 1. The number of thiophene rings is 1. The number of phenolic OH excluding ortho intramolecular Hbond substituents is 2. The van der Waals surface area contributed by atoms with Crippen molar-refractivity contribution in [2.24, 2.45) is 0 Å². The normalized spacial score (nSPS) is 10.3. The van der Waals surface area contributed by atoms with Crippen LogP contribution < -0.4 is 0 Å². The highest BCUT2D eigenvalue weighted by Gasteiger charge is 2.16. The van der Waals surface area contributed by atoms with Gasteiger partial charge in [-0.1, -0.05) is 6.07 Å². The second kappa shape index (κ2) is 3.98. The number of carbonyl (C=O) groups is 1. The van der Waals surface area contributed by atoms with Crippen molar-refractivity contribution in [3.05, 3.63) is 35.2 Å². The van der Waals surface area contributed by atoms with Crippen molar-refractivity contribution >= 4 is 17.1 Å². The van der Waals surface area contributed by atoms with Crippen LogP contribution in [-0.4, -0.2) is 16.0 Å². The van der Waals surface area contributed by atoms with E-state index in [1.165, 1.54) is 30.4 Å². The first-order valence-corrected chi connectivity index (χ1v) is 5.59. The highest BCUT2D eigenvalue weighted by molar-refractivity contribution is 7.13. The number of benzene rings is 1. The third-order valence-electron chi connectivity index (χ3n) is 2.30. The van der Waals surface area contributed by atoms with Crippen molar-refractivity contribution < 1.29 is 15.0 Å². The molecule has 0 radical (unpaired) electrons. The maximum absolute atomic E-state index is 11.3. The molecule has 0 unspecified atom stereocenters. The van der Waals surface area contributed by atoms with E-state index in [0.717, 1.165) is 4.88 Å². The Labute approximate surface area is 96.6 Å². The standard InChI is InChI=1S/C12H10O3S/c1-7(13)8-4-5-9(14)11(12(8)15)10-3-2-6-16-10/h2-6,14-15H,1H3. The summed E-state index contributed by atoms with van der Waals surface area (Å²) in [7, 11) is 0. The van der Waals surface area contributed by atoms with Gasteiger partial charge in [-0.05, 0) is 30.5 Å². The van der Waals surface area contributed by atoms with Crippen molar-refractivity contribution in [1.29, 1.82) is 0 Å². The lowest BCUT2D eigenvalue weighted by Gasteiger charge is -2.08. The second-order valence-corrected chi connectivity index (χ2v) is 4.34. The van der Waals surface area contributed by atoms with Gasteiger partial charge in [0.15, 0.2) is 5.78 Å². The smallest absolute Gasteiger partial charge is 0.163 e. The zero-order valence-corrected chi connectivity index (χ0v) is 9.41. The quantitative estimate of drug-likeness (QED) is 0.785. The van der Waals surface area contributed by atoms with E-state index in [0.29, 0.717) is 5.56 Å². The molecule has 82 valence electrons. The van der Waals surface area contributed by atoms with Gasteiger partial charge in [0.05, 0.1) is 11.1 Å². The SMILES string of the molecule is CC(=O)c1ccc(O)c(-c2cccs2)c1O. The minimum atomic E-state index is -0.227. The monoisotopic (exact) mass is 234 g/mol. The van der Waals surface area contributed by atoms with E-state index in [-0.39, 0.29) is 22.8 Å². The van der Waals surface area contributed by atoms with Crippen LogP contribution in [0.15, 0.2) is 29.6 Å². The van der Waals surface area contributed by atoms with E-state index in [4.69, 9.17) is 0 Å². The molecule has 0 fully saturated rings. The molecule has 1 heterocycles. The number of hydrogen-bond acceptors (Lipinski definition) is 4. The molecular formula is C12H10O3S. The zero-order valence-electron chi connectivity index (χ0n) is 8.60. The summed E-state index contributed by atoms with van der Waals surface area (Å²) in [5, 5.41) is 21.5. The Morgan fingerprint density at radius 1 is 1.25 bits per heavy atom. The molecule has 1 aromatic heterocycles. The minimum Gasteiger partial charge on any atom is -0.507 e. The maximum atomic E-state index is 11.3. The molecule has 0 saturated heterocycles. The molecule has 0 amide bonds. The van der Waals surface area contributed by atoms with Gasteiger partial charge in [0.1, 0.15) is 11.5 Å². The third-order valence-corrected chi connectivity index (χ3v) is 3.19. The molecule has 4 heteroatoms. The largest absolute Gasteiger partial charge is 0.507 e. The molecule has 0 spiro atoms. The van der Waals surface area contributed by atoms with Crippen molar-refractivity contribution in [1.82, 2.24) is 0 Å². The molecule has 2 aromatic rings. The number of rotatable bonds is 2. The van der Waals surface area contributed by atoms with E-state index in [1.54, 1.807) is 6.07 Å². The van der Waals surface area contributed by atoms with Crippen LogP contribution in [0.1, 0.15) is 17.3 Å². The highest BCUT2D eigenvalue weighted by atomic mass is 32.1. The lowest BCUT2D eigenvalue weighted by molar-refractivity contribution is 0.101. The van der Waals surface area contributed by atoms with Crippen LogP contribution in [-0.2, 0) is 0 Å². The van der Waals surface area contributed by atoms with Gasteiger partial charge in [-0.15, -0.1) is 11.3 Å². The van der Waals surface area contributed by atoms with Crippen molar-refractivity contribution in [2.75, 3.05) is 0 Å². The van der Waals surface area contributed by atoms with Crippen LogP contribution >= 0.6 is 11.3 Å². The fourth-order valence-corrected chi connectivity index (χ4v) is 2.31. The maximum Gasteiger partial charge on any atom is 0.163 e. The Bertz CT molecular complexity index is 529. The Balaban J connectivity index is 2.69. The highest BCUT2D eigenvalue weighted by Crippen LogP contribution is 2.41. The Kier molecular flexibility index (Phi) is 2.66. The molecule has 2 rings (SSSR count). The summed E-state index contributed by atoms with van der Waals surface area (Å²) < 4.78 is 0. The average Bonchev–Trinajstić information content (AvgIpc) is 2.70. The average molecular weight is 234 g/mol. The van der Waals surface area contributed by atoms with Gasteiger partial charge >= 0.3 is 0 Å². The summed E-state index contributed by atoms with van der Waals surface area (Å²) in [5.74, 6) is -0.407. The Morgan fingerprint density at radius 2 is 2.00 bits per heavy atom. The van der Waals surface area contributed by atoms with Crippen LogP contribution in [0.25, 0.3) is 10.4 Å². The van der Waals surface area contributed by atoms with Crippen molar-refractivity contribution in [2.45, 2.75) is 6.92 Å². The number of hydrogen-bond donors (Lipinski definition) is 2. The van der Waals surface area contributed by atoms with E-state index in [2.05, 4.69) is 0 Å². The van der Waals surface area contributed by atoms with Gasteiger partial charge in [0, 0.05) is 4.88 Å². The molecule has 0 aliphatic carbocycles. The summed E-state index contributed by atoms with van der Waals surface area (Å²) in [6, 6.07) is 6.44. The van der Waals surface area contributed by atoms with Crippen LogP contribution in [0.5, 0.6) is 11.5 Å². The molecular weight excluding hydrogens is 224 g/mol. The van der Waals surface area contributed by atoms with Gasteiger partial charge in [0.2, 0.25) is 0 Å². The molecule has 0 bridgehead atoms. The van der Waals surface area contributed by atoms with E-state index in [1.807, 2.05) is 11.4 Å². The topological polar surface area (TPSA) is 57.5 Å². The number of carbonyl (C=O) groups excluding carboxylic acids is 1. The Morgan fingerprint density at radius 3 is 2.56 bits per heavy atom. The molecule has 3 nitrogen and oxygen atoms in total. The summed E-state index contributed by atoms with van der Waals surface area (Å²) in [5.41, 5.74) is 0.545. The zero-order chi connectivity index (χ0) is 11.7. The number of ketones is 1. The first-order valence-electron chi connectivity index (χ1n) is 4.71. The first-order chi connectivity index (χ1) is 7.61. The predicted molar refractivity (Wildman–Crippen MR) is 63.1 cm³/mol. The van der Waals surface area contributed by atoms with Crippen LogP contribution in [0, 0.1) is 0 Å². The molecule has 0 atom stereocenters. The fourth-order valence-electron chi connectivity index (χ4n) is 1.53. The Hall–Kier alpha value is -1.81. The predicted octanol–water partition coefficient (Wildman–Crippen LogP) is 3.03.